The molecule has 1 heterocycles. The maximum absolute atomic E-state index is 11.6. The first-order valence-corrected chi connectivity index (χ1v) is 5.44. The molecule has 0 bridgehead atoms. The minimum absolute atomic E-state index is 0.00208. The highest BCUT2D eigenvalue weighted by atomic mass is 16.3. The lowest BCUT2D eigenvalue weighted by Gasteiger charge is -2.05. The van der Waals surface area contributed by atoms with Crippen LogP contribution in [-0.2, 0) is 0 Å². The van der Waals surface area contributed by atoms with Crippen LogP contribution in [0.3, 0.4) is 0 Å². The average Bonchev–Trinajstić information content (AvgIpc) is 2.92. The van der Waals surface area contributed by atoms with Crippen LogP contribution in [-0.4, -0.2) is 32.0 Å². The number of aromatic amines is 1. The molecule has 0 fully saturated rings. The smallest absolute Gasteiger partial charge is 0.289 e. The number of rotatable bonds is 3. The molecule has 1 amide bonds. The summed E-state index contributed by atoms with van der Waals surface area (Å²) in [5.41, 5.74) is 3.29. The van der Waals surface area contributed by atoms with E-state index in [2.05, 4.69) is 20.7 Å². The van der Waals surface area contributed by atoms with E-state index < -0.39 is 5.91 Å². The second-order valence-corrected chi connectivity index (χ2v) is 3.81. The van der Waals surface area contributed by atoms with Gasteiger partial charge >= 0.3 is 0 Å². The highest BCUT2D eigenvalue weighted by Gasteiger charge is 2.08. The van der Waals surface area contributed by atoms with Crippen LogP contribution in [0.15, 0.2) is 35.6 Å². The molecule has 0 atom stereocenters. The Hall–Kier alpha value is -2.83. The molecule has 0 saturated carbocycles. The van der Waals surface area contributed by atoms with Crippen molar-refractivity contribution in [1.29, 1.82) is 0 Å². The molecule has 98 valence electrons. The SMILES string of the molecule is CC(=NNC(=O)c1ccn[nH]1)c1cc(O)ccc1O. The van der Waals surface area contributed by atoms with Gasteiger partial charge in [-0.2, -0.15) is 10.2 Å². The summed E-state index contributed by atoms with van der Waals surface area (Å²) in [4.78, 5) is 11.6. The van der Waals surface area contributed by atoms with Crippen molar-refractivity contribution in [2.75, 3.05) is 0 Å². The molecule has 4 N–H and O–H groups in total. The fraction of sp³-hybridized carbons (Fsp3) is 0.0833. The van der Waals surface area contributed by atoms with E-state index in [1.807, 2.05) is 0 Å². The molecule has 0 spiro atoms. The normalized spacial score (nSPS) is 11.3. The number of hydrazone groups is 1. The number of carbonyl (C=O) groups excluding carboxylic acids is 1. The first kappa shape index (κ1) is 12.6. The molecule has 2 rings (SSSR count). The first-order chi connectivity index (χ1) is 9.08. The fourth-order valence-corrected chi connectivity index (χ4v) is 1.45. The number of amides is 1. The zero-order valence-corrected chi connectivity index (χ0v) is 10.1. The van der Waals surface area contributed by atoms with Gasteiger partial charge in [0.1, 0.15) is 17.2 Å². The van der Waals surface area contributed by atoms with Crippen molar-refractivity contribution in [1.82, 2.24) is 15.6 Å². The lowest BCUT2D eigenvalue weighted by atomic mass is 10.1. The second-order valence-electron chi connectivity index (χ2n) is 3.81. The van der Waals surface area contributed by atoms with E-state index in [9.17, 15) is 15.0 Å². The van der Waals surface area contributed by atoms with E-state index >= 15 is 0 Å². The molecule has 0 aliphatic carbocycles. The number of hydrogen-bond acceptors (Lipinski definition) is 5. The molecule has 0 saturated heterocycles. The van der Waals surface area contributed by atoms with E-state index in [4.69, 9.17) is 0 Å². The van der Waals surface area contributed by atoms with Gasteiger partial charge in [-0.25, -0.2) is 5.43 Å². The van der Waals surface area contributed by atoms with Crippen molar-refractivity contribution in [3.05, 3.63) is 41.7 Å². The number of H-pyrrole nitrogens is 1. The predicted molar refractivity (Wildman–Crippen MR) is 68.0 cm³/mol. The second kappa shape index (κ2) is 5.21. The van der Waals surface area contributed by atoms with Crippen molar-refractivity contribution >= 4 is 11.6 Å². The van der Waals surface area contributed by atoms with Crippen molar-refractivity contribution in [2.24, 2.45) is 5.10 Å². The summed E-state index contributed by atoms with van der Waals surface area (Å²) >= 11 is 0. The van der Waals surface area contributed by atoms with E-state index in [0.29, 0.717) is 11.3 Å². The molecule has 0 aliphatic rings. The van der Waals surface area contributed by atoms with Crippen LogP contribution in [0.25, 0.3) is 0 Å². The van der Waals surface area contributed by atoms with Crippen LogP contribution >= 0.6 is 0 Å². The Morgan fingerprint density at radius 3 is 2.84 bits per heavy atom. The van der Waals surface area contributed by atoms with E-state index in [0.717, 1.165) is 0 Å². The number of hydrogen-bond donors (Lipinski definition) is 4. The quantitative estimate of drug-likeness (QED) is 0.374. The molecule has 0 radical (unpaired) electrons. The van der Waals surface area contributed by atoms with Crippen molar-refractivity contribution in [2.45, 2.75) is 6.92 Å². The zero-order chi connectivity index (χ0) is 13.8. The van der Waals surface area contributed by atoms with E-state index in [-0.39, 0.29) is 17.2 Å². The Labute approximate surface area is 108 Å². The standard InChI is InChI=1S/C12H12N4O3/c1-7(9-6-8(17)2-3-11(9)18)14-16-12(19)10-4-5-13-15-10/h2-6,17-18H,1H3,(H,13,15)(H,16,19). The van der Waals surface area contributed by atoms with Gasteiger partial charge in [0.15, 0.2) is 0 Å². The first-order valence-electron chi connectivity index (χ1n) is 5.44. The van der Waals surface area contributed by atoms with Gasteiger partial charge in [0, 0.05) is 11.8 Å². The predicted octanol–water partition coefficient (Wildman–Crippen LogP) is 0.975. The molecular weight excluding hydrogens is 248 g/mol. The van der Waals surface area contributed by atoms with Gasteiger partial charge in [-0.15, -0.1) is 0 Å². The maximum atomic E-state index is 11.6. The van der Waals surface area contributed by atoms with Gasteiger partial charge < -0.3 is 10.2 Å². The Morgan fingerprint density at radius 1 is 1.37 bits per heavy atom. The molecule has 2 aromatic rings. The number of nitrogens with zero attached hydrogens (tertiary/aromatic N) is 2. The number of aromatic nitrogens is 2. The topological polar surface area (TPSA) is 111 Å². The fourth-order valence-electron chi connectivity index (χ4n) is 1.45. The third kappa shape index (κ3) is 2.89. The average molecular weight is 260 g/mol. The third-order valence-corrected chi connectivity index (χ3v) is 2.44. The largest absolute Gasteiger partial charge is 0.508 e. The zero-order valence-electron chi connectivity index (χ0n) is 10.1. The van der Waals surface area contributed by atoms with Gasteiger partial charge in [-0.3, -0.25) is 9.89 Å². The van der Waals surface area contributed by atoms with Crippen LogP contribution in [0.4, 0.5) is 0 Å². The minimum atomic E-state index is -0.448. The summed E-state index contributed by atoms with van der Waals surface area (Å²) in [6.07, 6.45) is 1.45. The van der Waals surface area contributed by atoms with E-state index in [1.54, 1.807) is 6.92 Å². The lowest BCUT2D eigenvalue weighted by Crippen LogP contribution is -2.19. The number of benzene rings is 1. The van der Waals surface area contributed by atoms with E-state index in [1.165, 1.54) is 30.5 Å². The van der Waals surface area contributed by atoms with Crippen molar-refractivity contribution < 1.29 is 15.0 Å². The van der Waals surface area contributed by atoms with Crippen LogP contribution in [0.2, 0.25) is 0 Å². The molecule has 0 aliphatic heterocycles. The maximum Gasteiger partial charge on any atom is 0.289 e. The van der Waals surface area contributed by atoms with Gasteiger partial charge in [0.25, 0.3) is 5.91 Å². The summed E-state index contributed by atoms with van der Waals surface area (Å²) in [6.45, 7) is 1.60. The molecule has 7 nitrogen and oxygen atoms in total. The number of aromatic hydroxyl groups is 2. The Kier molecular flexibility index (Phi) is 3.46. The molecule has 7 heteroatoms. The monoisotopic (exact) mass is 260 g/mol. The molecule has 1 aromatic carbocycles. The van der Waals surface area contributed by atoms with Gasteiger partial charge in [-0.1, -0.05) is 0 Å². The van der Waals surface area contributed by atoms with Crippen LogP contribution < -0.4 is 5.43 Å². The van der Waals surface area contributed by atoms with Crippen molar-refractivity contribution in [3.63, 3.8) is 0 Å². The van der Waals surface area contributed by atoms with Crippen LogP contribution in [0.1, 0.15) is 23.0 Å². The lowest BCUT2D eigenvalue weighted by molar-refractivity contribution is 0.0950. The van der Waals surface area contributed by atoms with Gasteiger partial charge in [-0.05, 0) is 31.2 Å². The number of phenols is 2. The molecular formula is C12H12N4O3. The molecule has 19 heavy (non-hydrogen) atoms. The highest BCUT2D eigenvalue weighted by molar-refractivity contribution is 6.02. The highest BCUT2D eigenvalue weighted by Crippen LogP contribution is 2.22. The Bertz CT molecular complexity index is 620. The van der Waals surface area contributed by atoms with Gasteiger partial charge in [0.05, 0.1) is 5.71 Å². The molecule has 0 unspecified atom stereocenters. The van der Waals surface area contributed by atoms with Crippen LogP contribution in [0, 0.1) is 0 Å². The van der Waals surface area contributed by atoms with Crippen LogP contribution in [0.5, 0.6) is 11.5 Å². The number of phenolic OH excluding ortho intramolecular Hbond substituents is 2. The summed E-state index contributed by atoms with van der Waals surface area (Å²) in [7, 11) is 0. The number of nitrogens with one attached hydrogen (secondary N) is 2. The minimum Gasteiger partial charge on any atom is -0.508 e. The number of carbonyl (C=O) groups is 1. The summed E-state index contributed by atoms with van der Waals surface area (Å²) in [6, 6.07) is 5.57. The van der Waals surface area contributed by atoms with Gasteiger partial charge in [0.2, 0.25) is 0 Å². The van der Waals surface area contributed by atoms with Crippen molar-refractivity contribution in [3.8, 4) is 11.5 Å². The summed E-state index contributed by atoms with van der Waals surface area (Å²) in [5.74, 6) is -0.478. The summed E-state index contributed by atoms with van der Waals surface area (Å²) in [5, 5.41) is 29.0. The third-order valence-electron chi connectivity index (χ3n) is 2.44. The molecule has 1 aromatic heterocycles. The Morgan fingerprint density at radius 2 is 2.16 bits per heavy atom. The summed E-state index contributed by atoms with van der Waals surface area (Å²) < 4.78 is 0. The Balaban J connectivity index is 2.15.